The van der Waals surface area contributed by atoms with Crippen molar-refractivity contribution in [2.45, 2.75) is 12.8 Å². The molecule has 5 nitrogen and oxygen atoms in total. The molecule has 1 saturated heterocycles. The highest BCUT2D eigenvalue weighted by Gasteiger charge is 2.18. The van der Waals surface area contributed by atoms with E-state index in [4.69, 9.17) is 4.74 Å². The molecule has 1 aromatic rings. The molecule has 1 aliphatic rings. The van der Waals surface area contributed by atoms with Crippen molar-refractivity contribution in [3.63, 3.8) is 0 Å². The van der Waals surface area contributed by atoms with E-state index in [-0.39, 0.29) is 18.0 Å². The SMILES string of the molecule is O=C(O)C(NCC(=O)c1ccccc1)=C1CCOCC1. The summed E-state index contributed by atoms with van der Waals surface area (Å²) < 4.78 is 5.20. The van der Waals surface area contributed by atoms with Crippen LogP contribution in [0.2, 0.25) is 0 Å². The van der Waals surface area contributed by atoms with Crippen LogP contribution in [0.1, 0.15) is 23.2 Å². The van der Waals surface area contributed by atoms with E-state index in [1.807, 2.05) is 6.07 Å². The lowest BCUT2D eigenvalue weighted by atomic mass is 10.0. The van der Waals surface area contributed by atoms with Gasteiger partial charge in [-0.1, -0.05) is 30.3 Å². The summed E-state index contributed by atoms with van der Waals surface area (Å²) in [4.78, 5) is 23.2. The van der Waals surface area contributed by atoms with Crippen LogP contribution in [0.25, 0.3) is 0 Å². The molecule has 1 aliphatic heterocycles. The number of ether oxygens (including phenoxy) is 1. The summed E-state index contributed by atoms with van der Waals surface area (Å²) in [6.07, 6.45) is 1.18. The number of nitrogens with one attached hydrogen (secondary N) is 1. The highest BCUT2D eigenvalue weighted by Crippen LogP contribution is 2.17. The van der Waals surface area contributed by atoms with E-state index in [9.17, 15) is 14.7 Å². The Morgan fingerprint density at radius 2 is 1.80 bits per heavy atom. The Morgan fingerprint density at radius 1 is 1.15 bits per heavy atom. The molecule has 2 rings (SSSR count). The first-order valence-corrected chi connectivity index (χ1v) is 6.53. The molecule has 0 aromatic heterocycles. The largest absolute Gasteiger partial charge is 0.477 e. The summed E-state index contributed by atoms with van der Waals surface area (Å²) in [6, 6.07) is 8.82. The average molecular weight is 275 g/mol. The molecule has 0 spiro atoms. The summed E-state index contributed by atoms with van der Waals surface area (Å²) in [5.41, 5.74) is 1.52. The average Bonchev–Trinajstić information content (AvgIpc) is 2.49. The number of carbonyl (C=O) groups excluding carboxylic acids is 1. The van der Waals surface area contributed by atoms with Crippen molar-refractivity contribution in [3.05, 3.63) is 47.2 Å². The number of hydrogen-bond donors (Lipinski definition) is 2. The van der Waals surface area contributed by atoms with E-state index >= 15 is 0 Å². The van der Waals surface area contributed by atoms with Gasteiger partial charge in [0.2, 0.25) is 0 Å². The number of ketones is 1. The number of hydrogen-bond acceptors (Lipinski definition) is 4. The summed E-state index contributed by atoms with van der Waals surface area (Å²) in [7, 11) is 0. The van der Waals surface area contributed by atoms with Gasteiger partial charge in [-0.15, -0.1) is 0 Å². The Balaban J connectivity index is 2.03. The van der Waals surface area contributed by atoms with Gasteiger partial charge in [0, 0.05) is 5.56 Å². The Morgan fingerprint density at radius 3 is 2.40 bits per heavy atom. The predicted molar refractivity (Wildman–Crippen MR) is 73.5 cm³/mol. The van der Waals surface area contributed by atoms with Gasteiger partial charge >= 0.3 is 5.97 Å². The smallest absolute Gasteiger partial charge is 0.351 e. The minimum Gasteiger partial charge on any atom is -0.477 e. The number of carboxylic acid groups (broad SMARTS) is 1. The van der Waals surface area contributed by atoms with Crippen LogP contribution in [0.5, 0.6) is 0 Å². The minimum atomic E-state index is -1.03. The van der Waals surface area contributed by atoms with Crippen molar-refractivity contribution in [2.75, 3.05) is 19.8 Å². The lowest BCUT2D eigenvalue weighted by molar-refractivity contribution is -0.133. The van der Waals surface area contributed by atoms with Crippen molar-refractivity contribution in [3.8, 4) is 0 Å². The molecule has 0 bridgehead atoms. The van der Waals surface area contributed by atoms with E-state index in [0.717, 1.165) is 5.57 Å². The van der Waals surface area contributed by atoms with Gasteiger partial charge in [-0.05, 0) is 18.4 Å². The molecule has 1 aromatic carbocycles. The Hall–Kier alpha value is -2.14. The van der Waals surface area contributed by atoms with Gasteiger partial charge < -0.3 is 15.2 Å². The third-order valence-electron chi connectivity index (χ3n) is 3.19. The number of carbonyl (C=O) groups is 2. The quantitative estimate of drug-likeness (QED) is 0.630. The van der Waals surface area contributed by atoms with Gasteiger partial charge in [-0.25, -0.2) is 4.79 Å². The molecule has 0 saturated carbocycles. The standard InChI is InChI=1S/C15H17NO4/c17-13(11-4-2-1-3-5-11)10-16-14(15(18)19)12-6-8-20-9-7-12/h1-5,16H,6-10H2,(H,18,19). The van der Waals surface area contributed by atoms with Crippen LogP contribution in [0.15, 0.2) is 41.6 Å². The highest BCUT2D eigenvalue weighted by molar-refractivity contribution is 5.98. The van der Waals surface area contributed by atoms with E-state index in [1.165, 1.54) is 0 Å². The van der Waals surface area contributed by atoms with Gasteiger partial charge in [0.1, 0.15) is 5.70 Å². The molecular weight excluding hydrogens is 258 g/mol. The van der Waals surface area contributed by atoms with Crippen LogP contribution in [0, 0.1) is 0 Å². The number of carboxylic acids is 1. The molecule has 0 radical (unpaired) electrons. The molecule has 106 valence electrons. The summed E-state index contributed by atoms with van der Waals surface area (Å²) in [6.45, 7) is 1.04. The van der Waals surface area contributed by atoms with Crippen molar-refractivity contribution in [1.29, 1.82) is 0 Å². The first kappa shape index (κ1) is 14.3. The van der Waals surface area contributed by atoms with Crippen LogP contribution in [0.4, 0.5) is 0 Å². The third kappa shape index (κ3) is 3.68. The fourth-order valence-corrected chi connectivity index (χ4v) is 2.11. The van der Waals surface area contributed by atoms with Crippen LogP contribution >= 0.6 is 0 Å². The highest BCUT2D eigenvalue weighted by atomic mass is 16.5. The fraction of sp³-hybridized carbons (Fsp3) is 0.333. The second-order valence-corrected chi connectivity index (χ2v) is 4.54. The lowest BCUT2D eigenvalue weighted by Crippen LogP contribution is -2.29. The molecule has 5 heteroatoms. The maximum atomic E-state index is 12.0. The molecule has 0 atom stereocenters. The van der Waals surface area contributed by atoms with E-state index in [0.29, 0.717) is 31.6 Å². The summed E-state index contributed by atoms with van der Waals surface area (Å²) in [5, 5.41) is 12.0. The summed E-state index contributed by atoms with van der Waals surface area (Å²) in [5.74, 6) is -1.15. The molecule has 0 aliphatic carbocycles. The summed E-state index contributed by atoms with van der Waals surface area (Å²) >= 11 is 0. The van der Waals surface area contributed by atoms with Gasteiger partial charge in [0.25, 0.3) is 0 Å². The van der Waals surface area contributed by atoms with Crippen LogP contribution in [-0.4, -0.2) is 36.6 Å². The van der Waals surface area contributed by atoms with Crippen LogP contribution in [0.3, 0.4) is 0 Å². The zero-order valence-electron chi connectivity index (χ0n) is 11.1. The first-order valence-electron chi connectivity index (χ1n) is 6.53. The monoisotopic (exact) mass is 275 g/mol. The van der Waals surface area contributed by atoms with E-state index < -0.39 is 5.97 Å². The topological polar surface area (TPSA) is 75.6 Å². The maximum absolute atomic E-state index is 12.0. The fourth-order valence-electron chi connectivity index (χ4n) is 2.11. The molecule has 1 heterocycles. The van der Waals surface area contributed by atoms with E-state index in [2.05, 4.69) is 5.32 Å². The Bertz CT molecular complexity index is 514. The van der Waals surface area contributed by atoms with Crippen LogP contribution in [-0.2, 0) is 9.53 Å². The number of rotatable bonds is 5. The van der Waals surface area contributed by atoms with E-state index in [1.54, 1.807) is 24.3 Å². The number of aliphatic carboxylic acids is 1. The van der Waals surface area contributed by atoms with Crippen LogP contribution < -0.4 is 5.32 Å². The zero-order chi connectivity index (χ0) is 14.4. The number of Topliss-reactive ketones (excluding diaryl/α,β-unsaturated/α-hetero) is 1. The predicted octanol–water partition coefficient (Wildman–Crippen LogP) is 1.61. The molecule has 20 heavy (non-hydrogen) atoms. The third-order valence-corrected chi connectivity index (χ3v) is 3.19. The second kappa shape index (κ2) is 6.86. The first-order chi connectivity index (χ1) is 9.68. The van der Waals surface area contributed by atoms with Gasteiger partial charge in [0.05, 0.1) is 19.8 Å². The Labute approximate surface area is 117 Å². The maximum Gasteiger partial charge on any atom is 0.351 e. The van der Waals surface area contributed by atoms with Crippen molar-refractivity contribution in [2.24, 2.45) is 0 Å². The molecular formula is C15H17NO4. The zero-order valence-corrected chi connectivity index (χ0v) is 11.1. The number of benzene rings is 1. The van der Waals surface area contributed by atoms with Gasteiger partial charge in [-0.2, -0.15) is 0 Å². The Kier molecular flexibility index (Phi) is 4.90. The minimum absolute atomic E-state index is 0.0179. The molecule has 0 amide bonds. The second-order valence-electron chi connectivity index (χ2n) is 4.54. The van der Waals surface area contributed by atoms with Crippen molar-refractivity contribution in [1.82, 2.24) is 5.32 Å². The van der Waals surface area contributed by atoms with Gasteiger partial charge in [0.15, 0.2) is 5.78 Å². The molecule has 0 unspecified atom stereocenters. The molecule has 1 fully saturated rings. The van der Waals surface area contributed by atoms with Crippen molar-refractivity contribution < 1.29 is 19.4 Å². The molecule has 2 N–H and O–H groups in total. The van der Waals surface area contributed by atoms with Gasteiger partial charge in [-0.3, -0.25) is 4.79 Å². The van der Waals surface area contributed by atoms with Crippen molar-refractivity contribution >= 4 is 11.8 Å². The normalized spacial score (nSPS) is 14.7. The lowest BCUT2D eigenvalue weighted by Gasteiger charge is -2.18.